The molecule has 6 nitrogen and oxygen atoms in total. The van der Waals surface area contributed by atoms with E-state index < -0.39 is 10.0 Å². The maximum atomic E-state index is 11.5. The molecule has 0 bridgehead atoms. The van der Waals surface area contributed by atoms with Crippen molar-refractivity contribution in [1.29, 1.82) is 0 Å². The molecule has 3 N–H and O–H groups in total. The van der Waals surface area contributed by atoms with Gasteiger partial charge >= 0.3 is 0 Å². The van der Waals surface area contributed by atoms with Gasteiger partial charge in [-0.05, 0) is 42.0 Å². The summed E-state index contributed by atoms with van der Waals surface area (Å²) in [7, 11) is -1.62. The molecule has 0 unspecified atom stereocenters. The number of rotatable bonds is 7. The van der Waals surface area contributed by atoms with Crippen LogP contribution in [0.5, 0.6) is 0 Å². The highest BCUT2D eigenvalue weighted by Gasteiger charge is 2.08. The van der Waals surface area contributed by atoms with Gasteiger partial charge in [0.25, 0.3) is 0 Å². The topological polar surface area (TPSA) is 82.6 Å². The predicted octanol–water partition coefficient (Wildman–Crippen LogP) is 2.95. The Labute approximate surface area is 165 Å². The molecule has 0 atom stereocenters. The highest BCUT2D eigenvalue weighted by molar-refractivity contribution is 7.98. The lowest BCUT2D eigenvalue weighted by Crippen LogP contribution is -2.36. The van der Waals surface area contributed by atoms with Crippen molar-refractivity contribution in [2.75, 3.05) is 24.3 Å². The Morgan fingerprint density at radius 2 is 1.74 bits per heavy atom. The molecule has 2 aromatic rings. The third-order valence-corrected chi connectivity index (χ3v) is 5.28. The summed E-state index contributed by atoms with van der Waals surface area (Å²) in [4.78, 5) is 5.48. The van der Waals surface area contributed by atoms with Crippen molar-refractivity contribution in [1.82, 2.24) is 10.6 Å². The van der Waals surface area contributed by atoms with E-state index in [1.165, 1.54) is 16.0 Å². The largest absolute Gasteiger partial charge is 0.352 e. The zero-order valence-corrected chi connectivity index (χ0v) is 17.7. The van der Waals surface area contributed by atoms with Crippen LogP contribution in [-0.2, 0) is 23.1 Å². The van der Waals surface area contributed by atoms with Crippen LogP contribution in [0.4, 0.5) is 5.69 Å². The average Bonchev–Trinajstić information content (AvgIpc) is 2.62. The Morgan fingerprint density at radius 3 is 2.37 bits per heavy atom. The standard InChI is InChI=1S/C19H26N4O2S2/c1-14-9-10-16(18(11-14)26-3)13-22-19(20-2)21-12-15-7-5-6-8-17(15)23-27(4,24)25/h5-11,23H,12-13H2,1-4H3,(H2,20,21,22). The van der Waals surface area contributed by atoms with Crippen LogP contribution in [0.2, 0.25) is 0 Å². The van der Waals surface area contributed by atoms with Crippen LogP contribution in [0.1, 0.15) is 16.7 Å². The van der Waals surface area contributed by atoms with Gasteiger partial charge in [0.2, 0.25) is 10.0 Å². The van der Waals surface area contributed by atoms with Crippen LogP contribution in [0, 0.1) is 6.92 Å². The van der Waals surface area contributed by atoms with Crippen LogP contribution in [-0.4, -0.2) is 33.9 Å². The van der Waals surface area contributed by atoms with Gasteiger partial charge in [0.05, 0.1) is 11.9 Å². The second-order valence-corrected chi connectivity index (χ2v) is 8.72. The summed E-state index contributed by atoms with van der Waals surface area (Å²) in [6, 6.07) is 13.7. The van der Waals surface area contributed by atoms with Gasteiger partial charge in [0.15, 0.2) is 5.96 Å². The van der Waals surface area contributed by atoms with Crippen molar-refractivity contribution < 1.29 is 8.42 Å². The molecular formula is C19H26N4O2S2. The Hall–Kier alpha value is -2.19. The fraction of sp³-hybridized carbons (Fsp3) is 0.316. The molecule has 0 amide bonds. The molecule has 0 aliphatic heterocycles. The van der Waals surface area contributed by atoms with Gasteiger partial charge in [0, 0.05) is 25.0 Å². The fourth-order valence-corrected chi connectivity index (χ4v) is 3.85. The maximum Gasteiger partial charge on any atom is 0.229 e. The quantitative estimate of drug-likeness (QED) is 0.374. The lowest BCUT2D eigenvalue weighted by atomic mass is 10.1. The number of anilines is 1. The van der Waals surface area contributed by atoms with Crippen molar-refractivity contribution in [2.45, 2.75) is 24.9 Å². The minimum absolute atomic E-state index is 0.446. The van der Waals surface area contributed by atoms with Gasteiger partial charge in [-0.3, -0.25) is 9.71 Å². The zero-order valence-electron chi connectivity index (χ0n) is 16.0. The molecule has 0 aliphatic rings. The van der Waals surface area contributed by atoms with Gasteiger partial charge in [-0.25, -0.2) is 8.42 Å². The van der Waals surface area contributed by atoms with Crippen molar-refractivity contribution in [2.24, 2.45) is 4.99 Å². The van der Waals surface area contributed by atoms with E-state index in [-0.39, 0.29) is 0 Å². The first-order valence-electron chi connectivity index (χ1n) is 8.46. The molecule has 0 saturated heterocycles. The van der Waals surface area contributed by atoms with E-state index in [0.29, 0.717) is 24.7 Å². The molecule has 0 aromatic heterocycles. The zero-order chi connectivity index (χ0) is 19.9. The summed E-state index contributed by atoms with van der Waals surface area (Å²) >= 11 is 1.72. The number of guanidine groups is 1. The number of hydrogen-bond acceptors (Lipinski definition) is 4. The van der Waals surface area contributed by atoms with Gasteiger partial charge in [0.1, 0.15) is 0 Å². The minimum atomic E-state index is -3.33. The van der Waals surface area contributed by atoms with E-state index in [2.05, 4.69) is 51.7 Å². The van der Waals surface area contributed by atoms with Gasteiger partial charge in [-0.2, -0.15) is 0 Å². The molecule has 8 heteroatoms. The molecule has 0 heterocycles. The van der Waals surface area contributed by atoms with Crippen molar-refractivity contribution in [3.63, 3.8) is 0 Å². The van der Waals surface area contributed by atoms with E-state index in [0.717, 1.165) is 11.8 Å². The van der Waals surface area contributed by atoms with E-state index in [1.807, 2.05) is 12.1 Å². The molecule has 2 rings (SSSR count). The summed E-state index contributed by atoms with van der Waals surface area (Å²) in [6.45, 7) is 3.18. The number of para-hydroxylation sites is 1. The molecule has 146 valence electrons. The molecule has 0 fully saturated rings. The SMILES string of the molecule is CN=C(NCc1ccccc1NS(C)(=O)=O)NCc1ccc(C)cc1SC. The van der Waals surface area contributed by atoms with E-state index in [1.54, 1.807) is 30.9 Å². The summed E-state index contributed by atoms with van der Waals surface area (Å²) in [6.07, 6.45) is 3.21. The first-order valence-corrected chi connectivity index (χ1v) is 11.6. The van der Waals surface area contributed by atoms with E-state index in [4.69, 9.17) is 0 Å². The lowest BCUT2D eigenvalue weighted by molar-refractivity contribution is 0.606. The molecule has 0 aliphatic carbocycles. The molecule has 2 aromatic carbocycles. The minimum Gasteiger partial charge on any atom is -0.352 e. The van der Waals surface area contributed by atoms with Crippen molar-refractivity contribution in [3.8, 4) is 0 Å². The summed E-state index contributed by atoms with van der Waals surface area (Å²) in [5.41, 5.74) is 3.84. The number of nitrogens with zero attached hydrogens (tertiary/aromatic N) is 1. The van der Waals surface area contributed by atoms with Crippen LogP contribution >= 0.6 is 11.8 Å². The third-order valence-electron chi connectivity index (χ3n) is 3.87. The molecule has 0 radical (unpaired) electrons. The van der Waals surface area contributed by atoms with Crippen LogP contribution in [0.15, 0.2) is 52.4 Å². The molecule has 0 spiro atoms. The number of aryl methyl sites for hydroxylation is 1. The Kier molecular flexibility index (Phi) is 7.55. The second kappa shape index (κ2) is 9.66. The third kappa shape index (κ3) is 6.80. The summed E-state index contributed by atoms with van der Waals surface area (Å²) < 4.78 is 25.6. The van der Waals surface area contributed by atoms with Crippen molar-refractivity contribution in [3.05, 3.63) is 59.2 Å². The maximum absolute atomic E-state index is 11.5. The first-order chi connectivity index (χ1) is 12.8. The number of aliphatic imine (C=N–C) groups is 1. The average molecular weight is 407 g/mol. The smallest absolute Gasteiger partial charge is 0.229 e. The monoisotopic (exact) mass is 406 g/mol. The first kappa shape index (κ1) is 21.1. The van der Waals surface area contributed by atoms with Crippen LogP contribution in [0.3, 0.4) is 0 Å². The van der Waals surface area contributed by atoms with Crippen molar-refractivity contribution >= 4 is 33.4 Å². The van der Waals surface area contributed by atoms with Gasteiger partial charge in [-0.1, -0.05) is 30.3 Å². The van der Waals surface area contributed by atoms with E-state index >= 15 is 0 Å². The van der Waals surface area contributed by atoms with Crippen LogP contribution < -0.4 is 15.4 Å². The highest BCUT2D eigenvalue weighted by atomic mass is 32.2. The molecule has 27 heavy (non-hydrogen) atoms. The van der Waals surface area contributed by atoms with Gasteiger partial charge in [-0.15, -0.1) is 11.8 Å². The van der Waals surface area contributed by atoms with Gasteiger partial charge < -0.3 is 10.6 Å². The number of hydrogen-bond donors (Lipinski definition) is 3. The normalized spacial score (nSPS) is 11.9. The Balaban J connectivity index is 2.01. The Morgan fingerprint density at radius 1 is 1.07 bits per heavy atom. The fourth-order valence-electron chi connectivity index (χ4n) is 2.55. The second-order valence-electron chi connectivity index (χ2n) is 6.13. The number of thioether (sulfide) groups is 1. The highest BCUT2D eigenvalue weighted by Crippen LogP contribution is 2.21. The van der Waals surface area contributed by atoms with Crippen LogP contribution in [0.25, 0.3) is 0 Å². The molecular weight excluding hydrogens is 380 g/mol. The Bertz CT molecular complexity index is 912. The van der Waals surface area contributed by atoms with E-state index in [9.17, 15) is 8.42 Å². The predicted molar refractivity (Wildman–Crippen MR) is 115 cm³/mol. The summed E-state index contributed by atoms with van der Waals surface area (Å²) in [5, 5.41) is 6.53. The lowest BCUT2D eigenvalue weighted by Gasteiger charge is -2.16. The number of benzene rings is 2. The molecule has 0 saturated carbocycles. The summed E-state index contributed by atoms with van der Waals surface area (Å²) in [5.74, 6) is 0.650. The number of nitrogens with one attached hydrogen (secondary N) is 3. The number of sulfonamides is 1.